The van der Waals surface area contributed by atoms with Gasteiger partial charge in [-0.05, 0) is 64.0 Å². The molecule has 0 unspecified atom stereocenters. The summed E-state index contributed by atoms with van der Waals surface area (Å²) in [5, 5.41) is 14.4. The molecule has 2 aromatic carbocycles. The monoisotopic (exact) mass is 702 g/mol. The predicted molar refractivity (Wildman–Crippen MR) is 214 cm³/mol. The lowest BCUT2D eigenvalue weighted by Gasteiger charge is -2.09. The minimum Gasteiger partial charge on any atom is -0.496 e. The zero-order valence-electron chi connectivity index (χ0n) is 30.6. The third-order valence-corrected chi connectivity index (χ3v) is 11.1. The summed E-state index contributed by atoms with van der Waals surface area (Å²) in [6, 6.07) is 16.5. The van der Waals surface area contributed by atoms with E-state index in [-0.39, 0.29) is 0 Å². The lowest BCUT2D eigenvalue weighted by atomic mass is 10.1. The van der Waals surface area contributed by atoms with Gasteiger partial charge in [-0.15, -0.1) is 0 Å². The van der Waals surface area contributed by atoms with Crippen molar-refractivity contribution < 1.29 is 9.47 Å². The van der Waals surface area contributed by atoms with E-state index in [0.717, 1.165) is 50.8 Å². The lowest BCUT2D eigenvalue weighted by Crippen LogP contribution is -2.19. The summed E-state index contributed by atoms with van der Waals surface area (Å²) in [4.78, 5) is 0. The molecule has 4 N–H and O–H groups in total. The van der Waals surface area contributed by atoms with Gasteiger partial charge in [0.2, 0.25) is 0 Å². The fraction of sp³-hybridized carbons (Fsp3) is 0.700. The fourth-order valence-electron chi connectivity index (χ4n) is 5.86. The average molecular weight is 703 g/mol. The molecule has 8 heteroatoms. The molecular formula is C40H70N4O2S2. The first kappa shape index (κ1) is 42.7. The van der Waals surface area contributed by atoms with Crippen molar-refractivity contribution in [3.8, 4) is 11.5 Å². The van der Waals surface area contributed by atoms with Crippen LogP contribution in [0.2, 0.25) is 0 Å². The number of para-hydroxylation sites is 2. The van der Waals surface area contributed by atoms with Gasteiger partial charge in [0.05, 0.1) is 14.2 Å². The van der Waals surface area contributed by atoms with Crippen molar-refractivity contribution in [2.24, 2.45) is 0 Å². The van der Waals surface area contributed by atoms with Crippen molar-refractivity contribution >= 4 is 21.6 Å². The van der Waals surface area contributed by atoms with Crippen LogP contribution in [0.5, 0.6) is 11.5 Å². The Morgan fingerprint density at radius 2 is 0.708 bits per heavy atom. The van der Waals surface area contributed by atoms with E-state index in [9.17, 15) is 0 Å². The van der Waals surface area contributed by atoms with Crippen molar-refractivity contribution in [3.63, 3.8) is 0 Å². The van der Waals surface area contributed by atoms with E-state index in [1.165, 1.54) is 138 Å². The Hall–Kier alpha value is -1.42. The third kappa shape index (κ3) is 23.9. The van der Waals surface area contributed by atoms with E-state index in [0.29, 0.717) is 0 Å². The summed E-state index contributed by atoms with van der Waals surface area (Å²) in [6.45, 7) is 8.58. The van der Waals surface area contributed by atoms with Crippen molar-refractivity contribution in [1.29, 1.82) is 0 Å². The number of unbranched alkanes of at least 4 members (excludes halogenated alkanes) is 14. The van der Waals surface area contributed by atoms with Gasteiger partial charge in [0, 0.05) is 48.8 Å². The standard InChI is InChI=1S/C40H70N4O2S2/c1-45-39-25-17-15-23-37(39)35-43-29-21-13-9-5-3-7-11-19-27-41-31-33-47-48-34-32-42-28-20-12-8-4-6-10-14-22-30-44-36-38-24-16-18-26-40(38)46-2/h15-18,23-26,41-44H,3-14,19-22,27-36H2,1-2H3. The average Bonchev–Trinajstić information content (AvgIpc) is 3.12. The number of hydrogen-bond donors (Lipinski definition) is 4. The maximum atomic E-state index is 5.42. The Morgan fingerprint density at radius 1 is 0.396 bits per heavy atom. The molecule has 0 saturated heterocycles. The van der Waals surface area contributed by atoms with E-state index >= 15 is 0 Å². The Bertz CT molecular complexity index is 906. The number of benzene rings is 2. The SMILES string of the molecule is COc1ccccc1CNCCCCCCCCCCNCCSSCCNCCCCCCCCCCNCc1ccccc1OC. The highest BCUT2D eigenvalue weighted by molar-refractivity contribution is 8.76. The Labute approximate surface area is 303 Å². The molecule has 0 aromatic heterocycles. The minimum atomic E-state index is 0.891. The van der Waals surface area contributed by atoms with Gasteiger partial charge in [0.15, 0.2) is 0 Å². The number of rotatable bonds is 35. The van der Waals surface area contributed by atoms with Crippen LogP contribution in [-0.4, -0.2) is 65.0 Å². The Kier molecular flexibility index (Phi) is 29.2. The zero-order chi connectivity index (χ0) is 34.0. The molecule has 0 radical (unpaired) electrons. The molecule has 0 bridgehead atoms. The predicted octanol–water partition coefficient (Wildman–Crippen LogP) is 9.39. The number of ether oxygens (including phenoxy) is 2. The van der Waals surface area contributed by atoms with E-state index in [1.54, 1.807) is 14.2 Å². The Morgan fingerprint density at radius 3 is 1.06 bits per heavy atom. The zero-order valence-corrected chi connectivity index (χ0v) is 32.3. The van der Waals surface area contributed by atoms with Gasteiger partial charge in [-0.1, -0.05) is 135 Å². The molecule has 0 saturated carbocycles. The van der Waals surface area contributed by atoms with Crippen LogP contribution in [0.25, 0.3) is 0 Å². The molecular weight excluding hydrogens is 633 g/mol. The van der Waals surface area contributed by atoms with Gasteiger partial charge in [0.1, 0.15) is 11.5 Å². The first-order chi connectivity index (χ1) is 23.8. The molecule has 0 spiro atoms. The van der Waals surface area contributed by atoms with Gasteiger partial charge < -0.3 is 30.7 Å². The van der Waals surface area contributed by atoms with Crippen LogP contribution < -0.4 is 30.7 Å². The van der Waals surface area contributed by atoms with Crippen LogP contribution in [-0.2, 0) is 13.1 Å². The van der Waals surface area contributed by atoms with Gasteiger partial charge >= 0.3 is 0 Å². The molecule has 0 fully saturated rings. The van der Waals surface area contributed by atoms with Crippen LogP contribution in [0.15, 0.2) is 48.5 Å². The van der Waals surface area contributed by atoms with E-state index in [4.69, 9.17) is 9.47 Å². The second-order valence-electron chi connectivity index (χ2n) is 12.8. The largest absolute Gasteiger partial charge is 0.496 e. The molecule has 0 amide bonds. The summed E-state index contributed by atoms with van der Waals surface area (Å²) >= 11 is 0. The first-order valence-electron chi connectivity index (χ1n) is 19.2. The van der Waals surface area contributed by atoms with Crippen LogP contribution in [0.4, 0.5) is 0 Å². The molecule has 0 aliphatic heterocycles. The summed E-state index contributed by atoms with van der Waals surface area (Å²) in [6.07, 6.45) is 21.6. The molecule has 6 nitrogen and oxygen atoms in total. The first-order valence-corrected chi connectivity index (χ1v) is 21.6. The maximum absolute atomic E-state index is 5.42. The highest BCUT2D eigenvalue weighted by Crippen LogP contribution is 2.20. The van der Waals surface area contributed by atoms with Crippen molar-refractivity contribution in [1.82, 2.24) is 21.3 Å². The van der Waals surface area contributed by atoms with E-state index in [1.807, 2.05) is 45.9 Å². The van der Waals surface area contributed by atoms with Crippen molar-refractivity contribution in [2.75, 3.05) is 65.0 Å². The minimum absolute atomic E-state index is 0.891. The smallest absolute Gasteiger partial charge is 0.123 e. The van der Waals surface area contributed by atoms with Gasteiger partial charge in [-0.3, -0.25) is 0 Å². The lowest BCUT2D eigenvalue weighted by molar-refractivity contribution is 0.407. The summed E-state index contributed by atoms with van der Waals surface area (Å²) in [7, 11) is 7.53. The second kappa shape index (κ2) is 32.8. The summed E-state index contributed by atoms with van der Waals surface area (Å²) in [5.41, 5.74) is 2.48. The van der Waals surface area contributed by atoms with Crippen molar-refractivity contribution in [2.45, 2.75) is 116 Å². The topological polar surface area (TPSA) is 66.6 Å². The molecule has 0 heterocycles. The van der Waals surface area contributed by atoms with Crippen molar-refractivity contribution in [3.05, 3.63) is 59.7 Å². The highest BCUT2D eigenvalue weighted by atomic mass is 33.1. The molecule has 2 aromatic rings. The number of methoxy groups -OCH3 is 2. The Balaban J connectivity index is 1.17. The van der Waals surface area contributed by atoms with Gasteiger partial charge in [-0.2, -0.15) is 0 Å². The molecule has 0 aliphatic carbocycles. The van der Waals surface area contributed by atoms with Crippen LogP contribution in [0.1, 0.15) is 114 Å². The summed E-state index contributed by atoms with van der Waals surface area (Å²) in [5.74, 6) is 4.37. The van der Waals surface area contributed by atoms with Crippen LogP contribution in [0, 0.1) is 0 Å². The third-order valence-electron chi connectivity index (χ3n) is 8.74. The van der Waals surface area contributed by atoms with Gasteiger partial charge in [-0.25, -0.2) is 0 Å². The number of nitrogens with one attached hydrogen (secondary N) is 4. The molecule has 0 aliphatic rings. The summed E-state index contributed by atoms with van der Waals surface area (Å²) < 4.78 is 10.8. The molecule has 274 valence electrons. The second-order valence-corrected chi connectivity index (χ2v) is 15.5. The normalized spacial score (nSPS) is 11.3. The molecule has 48 heavy (non-hydrogen) atoms. The van der Waals surface area contributed by atoms with Gasteiger partial charge in [0.25, 0.3) is 0 Å². The van der Waals surface area contributed by atoms with E-state index in [2.05, 4.69) is 45.5 Å². The van der Waals surface area contributed by atoms with E-state index < -0.39 is 0 Å². The molecule has 2 rings (SSSR count). The number of hydrogen-bond acceptors (Lipinski definition) is 8. The highest BCUT2D eigenvalue weighted by Gasteiger charge is 2.02. The maximum Gasteiger partial charge on any atom is 0.123 e. The molecule has 0 atom stereocenters. The quantitative estimate of drug-likeness (QED) is 0.0419. The fourth-order valence-corrected chi connectivity index (χ4v) is 7.76. The van der Waals surface area contributed by atoms with Crippen LogP contribution in [0.3, 0.4) is 0 Å². The van der Waals surface area contributed by atoms with Crippen LogP contribution >= 0.6 is 21.6 Å².